The Bertz CT molecular complexity index is 381. The summed E-state index contributed by atoms with van der Waals surface area (Å²) in [4.78, 5) is 34.9. The van der Waals surface area contributed by atoms with E-state index in [2.05, 4.69) is 0 Å². The highest BCUT2D eigenvalue weighted by molar-refractivity contribution is 8.39. The number of carbonyl (C=O) groups excluding carboxylic acids is 2. The predicted molar refractivity (Wildman–Crippen MR) is 63.0 cm³/mol. The van der Waals surface area contributed by atoms with Crippen molar-refractivity contribution in [2.24, 2.45) is 0 Å². The van der Waals surface area contributed by atoms with Gasteiger partial charge < -0.3 is 10.0 Å². The molecule has 0 aromatic heterocycles. The van der Waals surface area contributed by atoms with Gasteiger partial charge in [-0.25, -0.2) is 0 Å². The summed E-state index contributed by atoms with van der Waals surface area (Å²) in [6, 6.07) is 0. The van der Waals surface area contributed by atoms with Crippen molar-refractivity contribution in [3.63, 3.8) is 0 Å². The molecule has 0 bridgehead atoms. The molecule has 88 valence electrons. The first kappa shape index (κ1) is 13.1. The van der Waals surface area contributed by atoms with E-state index in [1.54, 1.807) is 14.1 Å². The van der Waals surface area contributed by atoms with E-state index < -0.39 is 10.6 Å². The Morgan fingerprint density at radius 1 is 1.25 bits per heavy atom. The quantitative estimate of drug-likeness (QED) is 0.459. The monoisotopic (exact) mass is 261 g/mol. The summed E-state index contributed by atoms with van der Waals surface area (Å²) in [7, 11) is 3.10. The first-order valence-electron chi connectivity index (χ1n) is 4.37. The normalized spacial score (nSPS) is 18.7. The first-order chi connectivity index (χ1) is 7.34. The van der Waals surface area contributed by atoms with Gasteiger partial charge in [0.2, 0.25) is 0 Å². The van der Waals surface area contributed by atoms with E-state index >= 15 is 0 Å². The highest BCUT2D eigenvalue weighted by Gasteiger charge is 2.37. The van der Waals surface area contributed by atoms with E-state index in [-0.39, 0.29) is 17.3 Å². The molecule has 0 aliphatic carbocycles. The zero-order chi connectivity index (χ0) is 12.5. The van der Waals surface area contributed by atoms with Crippen LogP contribution in [0.1, 0.15) is 6.92 Å². The number of thioether (sulfide) groups is 2. The van der Waals surface area contributed by atoms with Crippen molar-refractivity contribution >= 4 is 41.2 Å². The third kappa shape index (κ3) is 2.59. The topological polar surface area (TPSA) is 74.7 Å². The average molecular weight is 261 g/mol. The molecule has 7 heteroatoms. The Labute approximate surface area is 101 Å². The Kier molecular flexibility index (Phi) is 4.03. The number of amides is 1. The maximum Gasteiger partial charge on any atom is 0.327 e. The summed E-state index contributed by atoms with van der Waals surface area (Å²) in [5.41, 5.74) is 0.0810. The molecule has 1 N–H and O–H groups in total. The lowest BCUT2D eigenvalue weighted by Crippen LogP contribution is -2.29. The number of aliphatic carboxylic acids is 1. The van der Waals surface area contributed by atoms with Gasteiger partial charge in [-0.05, 0) is 6.92 Å². The molecule has 5 nitrogen and oxygen atoms in total. The van der Waals surface area contributed by atoms with Crippen LogP contribution in [0.25, 0.3) is 0 Å². The van der Waals surface area contributed by atoms with Crippen LogP contribution in [-0.4, -0.2) is 46.3 Å². The Morgan fingerprint density at radius 2 is 1.75 bits per heavy atom. The van der Waals surface area contributed by atoms with Crippen molar-refractivity contribution in [3.05, 3.63) is 9.81 Å². The molecular weight excluding hydrogens is 250 g/mol. The fourth-order valence-corrected chi connectivity index (χ4v) is 3.20. The molecule has 0 radical (unpaired) electrons. The summed E-state index contributed by atoms with van der Waals surface area (Å²) in [5.74, 6) is -1.66. The van der Waals surface area contributed by atoms with Crippen molar-refractivity contribution in [2.75, 3.05) is 14.1 Å². The predicted octanol–water partition coefficient (Wildman–Crippen LogP) is 0.766. The third-order valence-electron chi connectivity index (χ3n) is 1.81. The molecule has 1 fully saturated rings. The number of ketones is 1. The SMILES string of the molecule is CC(=O)C(C(=O)N(C)C)=C1SC(C(=O)O)S1. The van der Waals surface area contributed by atoms with Gasteiger partial charge >= 0.3 is 5.97 Å². The summed E-state index contributed by atoms with van der Waals surface area (Å²) in [5, 5.41) is 8.67. The van der Waals surface area contributed by atoms with Gasteiger partial charge in [-0.3, -0.25) is 14.4 Å². The summed E-state index contributed by atoms with van der Waals surface area (Å²) >= 11 is 2.08. The number of hydrogen-bond acceptors (Lipinski definition) is 5. The molecule has 0 unspecified atom stereocenters. The first-order valence-corrected chi connectivity index (χ1v) is 6.13. The lowest BCUT2D eigenvalue weighted by molar-refractivity contribution is -0.135. The van der Waals surface area contributed by atoms with Crippen LogP contribution in [0, 0.1) is 0 Å². The van der Waals surface area contributed by atoms with E-state index in [9.17, 15) is 14.4 Å². The zero-order valence-electron chi connectivity index (χ0n) is 9.01. The number of likely N-dealkylation sites (N-methyl/N-ethyl adjacent to an activating group) is 1. The van der Waals surface area contributed by atoms with E-state index in [1.165, 1.54) is 11.8 Å². The Hall–Kier alpha value is -0.950. The van der Waals surface area contributed by atoms with Crippen LogP contribution in [-0.2, 0) is 14.4 Å². The number of carbonyl (C=O) groups is 3. The summed E-state index contributed by atoms with van der Waals surface area (Å²) in [6.07, 6.45) is 0. The lowest BCUT2D eigenvalue weighted by Gasteiger charge is -2.26. The summed E-state index contributed by atoms with van der Waals surface area (Å²) in [6.45, 7) is 1.30. The Balaban J connectivity index is 2.90. The smallest absolute Gasteiger partial charge is 0.327 e. The number of nitrogens with zero attached hydrogens (tertiary/aromatic N) is 1. The van der Waals surface area contributed by atoms with Gasteiger partial charge in [-0.15, -0.1) is 0 Å². The second-order valence-electron chi connectivity index (χ2n) is 3.32. The number of hydrogen-bond donors (Lipinski definition) is 1. The van der Waals surface area contributed by atoms with E-state index in [0.29, 0.717) is 4.24 Å². The van der Waals surface area contributed by atoms with E-state index in [1.807, 2.05) is 0 Å². The highest BCUT2D eigenvalue weighted by Crippen LogP contribution is 2.52. The standard InChI is InChI=1S/C9H11NO4S2/c1-4(11)5(6(12)10(2)3)8-15-9(16-8)7(13)14/h9H,1-3H3,(H,13,14). The van der Waals surface area contributed by atoms with Crippen LogP contribution in [0.4, 0.5) is 0 Å². The van der Waals surface area contributed by atoms with Crippen LogP contribution in [0.3, 0.4) is 0 Å². The van der Waals surface area contributed by atoms with Gasteiger partial charge in [0.25, 0.3) is 5.91 Å². The molecule has 1 saturated heterocycles. The molecule has 0 aromatic carbocycles. The van der Waals surface area contributed by atoms with E-state index in [0.717, 1.165) is 23.5 Å². The van der Waals surface area contributed by atoms with Crippen molar-refractivity contribution in [1.82, 2.24) is 4.90 Å². The zero-order valence-corrected chi connectivity index (χ0v) is 10.6. The van der Waals surface area contributed by atoms with Crippen LogP contribution in [0.2, 0.25) is 0 Å². The van der Waals surface area contributed by atoms with Gasteiger partial charge in [0, 0.05) is 14.1 Å². The van der Waals surface area contributed by atoms with Gasteiger partial charge in [0.15, 0.2) is 10.4 Å². The van der Waals surface area contributed by atoms with Gasteiger partial charge in [-0.1, -0.05) is 23.5 Å². The van der Waals surface area contributed by atoms with E-state index in [4.69, 9.17) is 5.11 Å². The van der Waals surface area contributed by atoms with Crippen LogP contribution >= 0.6 is 23.5 Å². The molecular formula is C9H11NO4S2. The van der Waals surface area contributed by atoms with Crippen molar-refractivity contribution < 1.29 is 19.5 Å². The van der Waals surface area contributed by atoms with Crippen molar-refractivity contribution in [1.29, 1.82) is 0 Å². The fraction of sp³-hybridized carbons (Fsp3) is 0.444. The Morgan fingerprint density at radius 3 is 2.06 bits per heavy atom. The minimum absolute atomic E-state index is 0.0810. The number of carboxylic acids is 1. The minimum Gasteiger partial charge on any atom is -0.480 e. The minimum atomic E-state index is -0.945. The highest BCUT2D eigenvalue weighted by atomic mass is 32.3. The second kappa shape index (κ2) is 4.92. The van der Waals surface area contributed by atoms with Crippen molar-refractivity contribution in [3.8, 4) is 0 Å². The number of carboxylic acid groups (broad SMARTS) is 1. The van der Waals surface area contributed by atoms with Crippen molar-refractivity contribution in [2.45, 2.75) is 11.5 Å². The molecule has 0 aromatic rings. The molecule has 1 aliphatic rings. The molecule has 0 saturated carbocycles. The molecule has 0 atom stereocenters. The van der Waals surface area contributed by atoms with Gasteiger partial charge in [0.05, 0.1) is 4.24 Å². The molecule has 1 amide bonds. The molecule has 1 rings (SSSR count). The van der Waals surface area contributed by atoms with Crippen LogP contribution in [0.5, 0.6) is 0 Å². The van der Waals surface area contributed by atoms with Crippen LogP contribution in [0.15, 0.2) is 9.81 Å². The number of Topliss-reactive ketones (excluding diaryl/α,β-unsaturated/α-hetero) is 1. The average Bonchev–Trinajstić information content (AvgIpc) is 2.07. The molecule has 1 aliphatic heterocycles. The molecule has 1 heterocycles. The molecule has 16 heavy (non-hydrogen) atoms. The van der Waals surface area contributed by atoms with Crippen LogP contribution < -0.4 is 0 Å². The van der Waals surface area contributed by atoms with Gasteiger partial charge in [-0.2, -0.15) is 0 Å². The maximum atomic E-state index is 11.7. The van der Waals surface area contributed by atoms with Gasteiger partial charge in [0.1, 0.15) is 5.57 Å². The molecule has 0 spiro atoms. The second-order valence-corrected chi connectivity index (χ2v) is 6.11. The lowest BCUT2D eigenvalue weighted by atomic mass is 10.2. The largest absolute Gasteiger partial charge is 0.480 e. The number of rotatable bonds is 3. The summed E-state index contributed by atoms with van der Waals surface area (Å²) < 4.78 is -0.113. The third-order valence-corrected chi connectivity index (χ3v) is 4.63. The maximum absolute atomic E-state index is 11.7. The fourth-order valence-electron chi connectivity index (χ4n) is 1.03.